The van der Waals surface area contributed by atoms with Gasteiger partial charge in [0.05, 0.1) is 12.4 Å². The molecule has 0 aliphatic heterocycles. The molecule has 2 aromatic heterocycles. The van der Waals surface area contributed by atoms with E-state index in [-0.39, 0.29) is 0 Å². The summed E-state index contributed by atoms with van der Waals surface area (Å²) in [6.45, 7) is 0. The Morgan fingerprint density at radius 1 is 1.40 bits per heavy atom. The van der Waals surface area contributed by atoms with Crippen LogP contribution in [0.2, 0.25) is 0 Å². The summed E-state index contributed by atoms with van der Waals surface area (Å²) in [5.74, 6) is 0. The van der Waals surface area contributed by atoms with Crippen LogP contribution < -0.4 is 0 Å². The van der Waals surface area contributed by atoms with E-state index in [4.69, 9.17) is 0 Å². The lowest BCUT2D eigenvalue weighted by atomic mass is 10.5. The van der Waals surface area contributed by atoms with Gasteiger partial charge in [-0.2, -0.15) is 5.10 Å². The van der Waals surface area contributed by atoms with Gasteiger partial charge in [0.25, 0.3) is 0 Å². The Morgan fingerprint density at radius 3 is 3.20 bits per heavy atom. The van der Waals surface area contributed by atoms with Gasteiger partial charge in [-0.25, -0.2) is 9.97 Å². The summed E-state index contributed by atoms with van der Waals surface area (Å²) in [5, 5.41) is 6.54. The van der Waals surface area contributed by atoms with Crippen LogP contribution in [0.25, 0.3) is 11.0 Å². The van der Waals surface area contributed by atoms with Crippen LogP contribution >= 0.6 is 15.9 Å². The lowest BCUT2D eigenvalue weighted by Crippen LogP contribution is -1.80. The average molecular weight is 199 g/mol. The highest BCUT2D eigenvalue weighted by Gasteiger charge is 1.96. The number of halogens is 1. The van der Waals surface area contributed by atoms with Gasteiger partial charge in [-0.1, -0.05) is 0 Å². The zero-order chi connectivity index (χ0) is 6.97. The number of H-pyrrole nitrogens is 1. The smallest absolute Gasteiger partial charge is 0.197 e. The molecule has 0 aliphatic rings. The highest BCUT2D eigenvalue weighted by Crippen LogP contribution is 2.08. The van der Waals surface area contributed by atoms with E-state index < -0.39 is 0 Å². The minimum atomic E-state index is 0.585. The Kier molecular flexibility index (Phi) is 1.17. The second-order valence-corrected chi connectivity index (χ2v) is 2.52. The topological polar surface area (TPSA) is 54.5 Å². The number of nitrogens with zero attached hydrogens (tertiary/aromatic N) is 3. The van der Waals surface area contributed by atoms with Crippen LogP contribution in [0.15, 0.2) is 17.1 Å². The summed E-state index contributed by atoms with van der Waals surface area (Å²) in [4.78, 5) is 7.96. The zero-order valence-electron chi connectivity index (χ0n) is 4.87. The van der Waals surface area contributed by atoms with E-state index in [2.05, 4.69) is 36.1 Å². The van der Waals surface area contributed by atoms with Crippen LogP contribution in [0.4, 0.5) is 0 Å². The van der Waals surface area contributed by atoms with E-state index in [1.807, 2.05) is 0 Å². The lowest BCUT2D eigenvalue weighted by Gasteiger charge is -1.86. The van der Waals surface area contributed by atoms with Gasteiger partial charge in [-0.15, -0.1) is 0 Å². The molecule has 50 valence electrons. The van der Waals surface area contributed by atoms with Crippen LogP contribution in [0.3, 0.4) is 0 Å². The maximum absolute atomic E-state index is 4.05. The molecular formula is C5H3BrN4. The quantitative estimate of drug-likeness (QED) is 0.646. The maximum atomic E-state index is 4.05. The first kappa shape index (κ1) is 5.79. The second kappa shape index (κ2) is 2.02. The van der Waals surface area contributed by atoms with Gasteiger partial charge < -0.3 is 0 Å². The van der Waals surface area contributed by atoms with Crippen LogP contribution in [0, 0.1) is 0 Å². The largest absolute Gasteiger partial charge is 0.275 e. The number of nitrogens with one attached hydrogen (secondary N) is 1. The van der Waals surface area contributed by atoms with Crippen molar-refractivity contribution >= 4 is 27.0 Å². The van der Waals surface area contributed by atoms with Crippen molar-refractivity contribution in [2.75, 3.05) is 0 Å². The summed E-state index contributed by atoms with van der Waals surface area (Å²) in [6, 6.07) is 0. The van der Waals surface area contributed by atoms with Crippen molar-refractivity contribution in [2.24, 2.45) is 0 Å². The van der Waals surface area contributed by atoms with E-state index >= 15 is 0 Å². The third-order valence-electron chi connectivity index (χ3n) is 1.16. The molecule has 0 saturated heterocycles. The number of hydrogen-bond donors (Lipinski definition) is 1. The molecule has 0 radical (unpaired) electrons. The van der Waals surface area contributed by atoms with Gasteiger partial charge in [0.15, 0.2) is 4.73 Å². The van der Waals surface area contributed by atoms with Crippen LogP contribution in [0.5, 0.6) is 0 Å². The van der Waals surface area contributed by atoms with E-state index in [0.717, 1.165) is 11.0 Å². The third-order valence-corrected chi connectivity index (χ3v) is 1.54. The standard InChI is InChI=1S/C5H3BrN4/c6-5-7-1-4-3(9-5)2-8-10-4/h1-2H,(H,8,10). The number of fused-ring (bicyclic) bond motifs is 1. The Morgan fingerprint density at radius 2 is 2.30 bits per heavy atom. The molecule has 0 amide bonds. The molecule has 4 nitrogen and oxygen atoms in total. The lowest BCUT2D eigenvalue weighted by molar-refractivity contribution is 1.11. The summed E-state index contributed by atoms with van der Waals surface area (Å²) in [7, 11) is 0. The van der Waals surface area contributed by atoms with Crippen molar-refractivity contribution in [3.8, 4) is 0 Å². The molecular weight excluding hydrogens is 196 g/mol. The fourth-order valence-corrected chi connectivity index (χ4v) is 1.01. The number of hydrogen-bond acceptors (Lipinski definition) is 3. The Hall–Kier alpha value is -0.970. The van der Waals surface area contributed by atoms with Gasteiger partial charge in [-0.05, 0) is 15.9 Å². The van der Waals surface area contributed by atoms with Gasteiger partial charge in [0.1, 0.15) is 11.0 Å². The first-order valence-corrected chi connectivity index (χ1v) is 3.47. The van der Waals surface area contributed by atoms with Crippen molar-refractivity contribution in [3.63, 3.8) is 0 Å². The van der Waals surface area contributed by atoms with Crippen molar-refractivity contribution in [1.29, 1.82) is 0 Å². The van der Waals surface area contributed by atoms with Crippen molar-refractivity contribution in [3.05, 3.63) is 17.1 Å². The van der Waals surface area contributed by atoms with Crippen molar-refractivity contribution < 1.29 is 0 Å². The molecule has 0 saturated carbocycles. The van der Waals surface area contributed by atoms with Crippen molar-refractivity contribution in [2.45, 2.75) is 0 Å². The first-order valence-electron chi connectivity index (χ1n) is 2.68. The van der Waals surface area contributed by atoms with E-state index in [9.17, 15) is 0 Å². The normalized spacial score (nSPS) is 10.5. The van der Waals surface area contributed by atoms with Crippen LogP contribution in [-0.2, 0) is 0 Å². The number of aromatic amines is 1. The molecule has 0 unspecified atom stereocenters. The summed E-state index contributed by atoms with van der Waals surface area (Å²) in [5.41, 5.74) is 1.67. The Labute approximate surface area is 64.8 Å². The van der Waals surface area contributed by atoms with Gasteiger partial charge >= 0.3 is 0 Å². The van der Waals surface area contributed by atoms with Crippen molar-refractivity contribution in [1.82, 2.24) is 20.2 Å². The van der Waals surface area contributed by atoms with Gasteiger partial charge in [0.2, 0.25) is 0 Å². The van der Waals surface area contributed by atoms with E-state index in [1.54, 1.807) is 12.4 Å². The van der Waals surface area contributed by atoms with Gasteiger partial charge in [-0.3, -0.25) is 5.10 Å². The number of rotatable bonds is 0. The predicted octanol–water partition coefficient (Wildman–Crippen LogP) is 1.12. The van der Waals surface area contributed by atoms with Crippen LogP contribution in [0.1, 0.15) is 0 Å². The summed E-state index contributed by atoms with van der Waals surface area (Å²) < 4.78 is 0.585. The molecule has 2 rings (SSSR count). The minimum absolute atomic E-state index is 0.585. The number of aromatic nitrogens is 4. The molecule has 0 fully saturated rings. The molecule has 10 heavy (non-hydrogen) atoms. The SMILES string of the molecule is Brc1ncc2[nH]ncc2n1. The predicted molar refractivity (Wildman–Crippen MR) is 39.4 cm³/mol. The minimum Gasteiger partial charge on any atom is -0.275 e. The van der Waals surface area contributed by atoms with Gasteiger partial charge in [0, 0.05) is 0 Å². The zero-order valence-corrected chi connectivity index (χ0v) is 6.46. The fourth-order valence-electron chi connectivity index (χ4n) is 0.720. The molecule has 0 spiro atoms. The first-order chi connectivity index (χ1) is 4.86. The van der Waals surface area contributed by atoms with Crippen LogP contribution in [-0.4, -0.2) is 20.2 Å². The average Bonchev–Trinajstić information content (AvgIpc) is 2.33. The monoisotopic (exact) mass is 198 g/mol. The highest BCUT2D eigenvalue weighted by atomic mass is 79.9. The molecule has 0 aromatic carbocycles. The molecule has 0 bridgehead atoms. The second-order valence-electron chi connectivity index (χ2n) is 1.81. The highest BCUT2D eigenvalue weighted by molar-refractivity contribution is 9.10. The molecule has 1 N–H and O–H groups in total. The van der Waals surface area contributed by atoms with E-state index in [0.29, 0.717) is 4.73 Å². The third kappa shape index (κ3) is 0.786. The Bertz CT molecular complexity index is 355. The molecule has 0 aliphatic carbocycles. The van der Waals surface area contributed by atoms with E-state index in [1.165, 1.54) is 0 Å². The maximum Gasteiger partial charge on any atom is 0.197 e. The summed E-state index contributed by atoms with van der Waals surface area (Å²) >= 11 is 3.15. The summed E-state index contributed by atoms with van der Waals surface area (Å²) in [6.07, 6.45) is 3.33. The molecule has 2 aromatic rings. The Balaban J connectivity index is 2.86. The molecule has 5 heteroatoms. The molecule has 2 heterocycles. The molecule has 0 atom stereocenters. The fraction of sp³-hybridized carbons (Fsp3) is 0.